The lowest BCUT2D eigenvalue weighted by molar-refractivity contribution is 0.0777. The Bertz CT molecular complexity index is 924. The van der Waals surface area contributed by atoms with Gasteiger partial charge < -0.3 is 24.9 Å². The van der Waals surface area contributed by atoms with Crippen LogP contribution in [0.4, 0.5) is 6.01 Å². The molecule has 0 saturated carbocycles. The largest absolute Gasteiger partial charge is 0.423 e. The summed E-state index contributed by atoms with van der Waals surface area (Å²) in [6.45, 7) is 11.4. The van der Waals surface area contributed by atoms with E-state index in [4.69, 9.17) is 9.40 Å². The molecule has 1 amide bonds. The molecule has 170 valence electrons. The van der Waals surface area contributed by atoms with E-state index >= 15 is 0 Å². The Hall–Kier alpha value is -2.12. The van der Waals surface area contributed by atoms with Crippen LogP contribution in [0.5, 0.6) is 0 Å². The molecule has 2 N–H and O–H groups in total. The lowest BCUT2D eigenvalue weighted by Gasteiger charge is -2.42. The van der Waals surface area contributed by atoms with E-state index in [2.05, 4.69) is 55.2 Å². The second-order valence-electron chi connectivity index (χ2n) is 9.89. The van der Waals surface area contributed by atoms with Gasteiger partial charge in [-0.05, 0) is 59.2 Å². The number of aromatic nitrogens is 1. The van der Waals surface area contributed by atoms with Gasteiger partial charge in [0.25, 0.3) is 11.9 Å². The molecule has 1 aromatic carbocycles. The van der Waals surface area contributed by atoms with Crippen LogP contribution in [-0.2, 0) is 0 Å². The van der Waals surface area contributed by atoms with Gasteiger partial charge in [0.05, 0.1) is 11.1 Å². The second kappa shape index (κ2) is 8.79. The zero-order valence-electron chi connectivity index (χ0n) is 19.6. The average molecular weight is 428 g/mol. The molecule has 2 aliphatic heterocycles. The van der Waals surface area contributed by atoms with Crippen LogP contribution >= 0.6 is 0 Å². The summed E-state index contributed by atoms with van der Waals surface area (Å²) in [5.41, 5.74) is 1.81. The highest BCUT2D eigenvalue weighted by atomic mass is 16.4. The number of hydrogen-bond donors (Lipinski definition) is 2. The number of likely N-dealkylation sites (tertiary alicyclic amines) is 1. The predicted octanol–water partition coefficient (Wildman–Crippen LogP) is 3.40. The molecule has 1 aromatic heterocycles. The van der Waals surface area contributed by atoms with E-state index in [0.717, 1.165) is 45.3 Å². The van der Waals surface area contributed by atoms with Crippen LogP contribution in [0.3, 0.4) is 0 Å². The zero-order valence-corrected chi connectivity index (χ0v) is 19.6. The third-order valence-electron chi connectivity index (χ3n) is 7.09. The van der Waals surface area contributed by atoms with Gasteiger partial charge in [0, 0.05) is 37.8 Å². The summed E-state index contributed by atoms with van der Waals surface area (Å²) >= 11 is 0. The molecule has 2 saturated heterocycles. The lowest BCUT2D eigenvalue weighted by Crippen LogP contribution is -2.58. The molecule has 7 heteroatoms. The topological polar surface area (TPSA) is 73.6 Å². The molecule has 7 nitrogen and oxygen atoms in total. The summed E-state index contributed by atoms with van der Waals surface area (Å²) in [6.07, 6.45) is 4.29. The summed E-state index contributed by atoms with van der Waals surface area (Å²) in [5.74, 6) is -0.0537. The molecule has 3 heterocycles. The second-order valence-corrected chi connectivity index (χ2v) is 9.89. The number of para-hydroxylation sites is 1. The highest BCUT2D eigenvalue weighted by molar-refractivity contribution is 6.04. The molecule has 2 aliphatic rings. The summed E-state index contributed by atoms with van der Waals surface area (Å²) in [6, 6.07) is 7.39. The van der Waals surface area contributed by atoms with Crippen LogP contribution in [0.25, 0.3) is 11.1 Å². The van der Waals surface area contributed by atoms with Gasteiger partial charge in [-0.2, -0.15) is 4.98 Å². The van der Waals surface area contributed by atoms with Crippen molar-refractivity contribution in [2.45, 2.75) is 77.0 Å². The molecular formula is C24H37N5O2. The third-order valence-corrected chi connectivity index (χ3v) is 7.09. The maximum atomic E-state index is 13.3. The number of carbonyl (C=O) groups is 1. The number of nitrogens with one attached hydrogen (secondary N) is 2. The molecule has 31 heavy (non-hydrogen) atoms. The van der Waals surface area contributed by atoms with Crippen molar-refractivity contribution in [1.82, 2.24) is 20.5 Å². The molecule has 0 aliphatic carbocycles. The summed E-state index contributed by atoms with van der Waals surface area (Å²) in [5, 5.41) is 6.72. The molecule has 4 rings (SSSR count). The number of nitrogens with zero attached hydrogens (tertiary/aromatic N) is 3. The van der Waals surface area contributed by atoms with Crippen molar-refractivity contribution in [3.05, 3.63) is 23.8 Å². The van der Waals surface area contributed by atoms with Crippen LogP contribution in [-0.4, -0.2) is 66.1 Å². The highest BCUT2D eigenvalue weighted by Crippen LogP contribution is 2.30. The van der Waals surface area contributed by atoms with Gasteiger partial charge >= 0.3 is 0 Å². The maximum absolute atomic E-state index is 13.3. The number of piperazine rings is 1. The number of oxazole rings is 1. The van der Waals surface area contributed by atoms with Gasteiger partial charge in [0.1, 0.15) is 5.52 Å². The van der Waals surface area contributed by atoms with E-state index in [1.54, 1.807) is 0 Å². The van der Waals surface area contributed by atoms with Crippen LogP contribution < -0.4 is 15.5 Å². The standard InChI is InChI=1S/C24H37N5O2/c1-6-8-18-14-17(13-16(2)28(18)5)26-22(30)19-9-7-10-20-21(19)27-23(31-20)29-12-11-25-15-24(29,3)4/h7,9-10,16-18,25H,6,8,11-15H2,1-5H3,(H,26,30). The van der Waals surface area contributed by atoms with Gasteiger partial charge in [0.2, 0.25) is 0 Å². The number of fused-ring (bicyclic) bond motifs is 1. The number of carbonyl (C=O) groups excluding carboxylic acids is 1. The minimum atomic E-state index is -0.0971. The Morgan fingerprint density at radius 1 is 1.35 bits per heavy atom. The van der Waals surface area contributed by atoms with Crippen LogP contribution in [0, 0.1) is 0 Å². The van der Waals surface area contributed by atoms with Crippen molar-refractivity contribution in [3.8, 4) is 0 Å². The van der Waals surface area contributed by atoms with Crippen molar-refractivity contribution < 1.29 is 9.21 Å². The van der Waals surface area contributed by atoms with E-state index in [1.807, 2.05) is 18.2 Å². The van der Waals surface area contributed by atoms with Crippen molar-refractivity contribution in [1.29, 1.82) is 0 Å². The van der Waals surface area contributed by atoms with Crippen molar-refractivity contribution in [3.63, 3.8) is 0 Å². The van der Waals surface area contributed by atoms with Gasteiger partial charge in [-0.1, -0.05) is 19.4 Å². The maximum Gasteiger partial charge on any atom is 0.298 e. The third kappa shape index (κ3) is 4.44. The Labute approximate surface area is 185 Å². The van der Waals surface area contributed by atoms with Gasteiger partial charge in [-0.3, -0.25) is 4.79 Å². The quantitative estimate of drug-likeness (QED) is 0.762. The fourth-order valence-electron chi connectivity index (χ4n) is 5.14. The first-order valence-corrected chi connectivity index (χ1v) is 11.7. The SMILES string of the molecule is CCCC1CC(NC(=O)c2cccc3oc(N4CCNCC4(C)C)nc23)CC(C)N1C. The fourth-order valence-corrected chi connectivity index (χ4v) is 5.14. The molecule has 3 unspecified atom stereocenters. The van der Waals surface area contributed by atoms with Crippen LogP contribution in [0.15, 0.2) is 22.6 Å². The smallest absolute Gasteiger partial charge is 0.298 e. The number of amides is 1. The lowest BCUT2D eigenvalue weighted by atomic mass is 9.90. The fraction of sp³-hybridized carbons (Fsp3) is 0.667. The molecule has 2 fully saturated rings. The Morgan fingerprint density at radius 2 is 2.16 bits per heavy atom. The number of rotatable bonds is 5. The first-order valence-electron chi connectivity index (χ1n) is 11.7. The number of benzene rings is 1. The minimum Gasteiger partial charge on any atom is -0.423 e. The normalized spacial score (nSPS) is 26.9. The zero-order chi connectivity index (χ0) is 22.2. The Kier molecular flexibility index (Phi) is 6.26. The molecular weight excluding hydrogens is 390 g/mol. The predicted molar refractivity (Wildman–Crippen MR) is 125 cm³/mol. The van der Waals surface area contributed by atoms with E-state index < -0.39 is 0 Å². The highest BCUT2D eigenvalue weighted by Gasteiger charge is 2.34. The van der Waals surface area contributed by atoms with Gasteiger partial charge in [0.15, 0.2) is 5.58 Å². The number of hydrogen-bond acceptors (Lipinski definition) is 6. The summed E-state index contributed by atoms with van der Waals surface area (Å²) < 4.78 is 6.10. The minimum absolute atomic E-state index is 0.0537. The van der Waals surface area contributed by atoms with Crippen molar-refractivity contribution >= 4 is 23.0 Å². The molecule has 0 radical (unpaired) electrons. The van der Waals surface area contributed by atoms with Gasteiger partial charge in [-0.15, -0.1) is 0 Å². The van der Waals surface area contributed by atoms with E-state index in [9.17, 15) is 4.79 Å². The Morgan fingerprint density at radius 3 is 2.90 bits per heavy atom. The molecule has 0 spiro atoms. The van der Waals surface area contributed by atoms with Crippen molar-refractivity contribution in [2.24, 2.45) is 0 Å². The van der Waals surface area contributed by atoms with Gasteiger partial charge in [-0.25, -0.2) is 0 Å². The molecule has 2 aromatic rings. The first kappa shape index (κ1) is 22.1. The Balaban J connectivity index is 1.55. The van der Waals surface area contributed by atoms with E-state index in [-0.39, 0.29) is 17.5 Å². The summed E-state index contributed by atoms with van der Waals surface area (Å²) in [7, 11) is 2.21. The average Bonchev–Trinajstić information content (AvgIpc) is 3.15. The molecule has 0 bridgehead atoms. The monoisotopic (exact) mass is 427 g/mol. The number of anilines is 1. The van der Waals surface area contributed by atoms with E-state index in [1.165, 1.54) is 0 Å². The summed E-state index contributed by atoms with van der Waals surface area (Å²) in [4.78, 5) is 22.7. The van der Waals surface area contributed by atoms with Crippen LogP contribution in [0.2, 0.25) is 0 Å². The molecule has 3 atom stereocenters. The first-order chi connectivity index (χ1) is 14.8. The van der Waals surface area contributed by atoms with Crippen molar-refractivity contribution in [2.75, 3.05) is 31.6 Å². The van der Waals surface area contributed by atoms with E-state index in [0.29, 0.717) is 34.8 Å². The van der Waals surface area contributed by atoms with Crippen LogP contribution in [0.1, 0.15) is 63.7 Å². The number of piperidine rings is 1.